The van der Waals surface area contributed by atoms with Crippen molar-refractivity contribution >= 4 is 32.7 Å². The van der Waals surface area contributed by atoms with Crippen molar-refractivity contribution in [3.63, 3.8) is 0 Å². The van der Waals surface area contributed by atoms with Crippen molar-refractivity contribution in [2.75, 3.05) is 19.6 Å². The van der Waals surface area contributed by atoms with Gasteiger partial charge in [-0.2, -0.15) is 0 Å². The number of halogens is 1. The third-order valence-corrected chi connectivity index (χ3v) is 6.55. The lowest BCUT2D eigenvalue weighted by molar-refractivity contribution is -0.0312. The van der Waals surface area contributed by atoms with E-state index in [-0.39, 0.29) is 11.9 Å². The minimum atomic E-state index is -0.493. The minimum Gasteiger partial charge on any atom is -0.389 e. The molecule has 1 aliphatic heterocycles. The summed E-state index contributed by atoms with van der Waals surface area (Å²) >= 11 is 3.47. The Kier molecular flexibility index (Phi) is 5.58. The summed E-state index contributed by atoms with van der Waals surface area (Å²) in [5, 5.41) is 15.0. The van der Waals surface area contributed by atoms with Crippen molar-refractivity contribution in [2.45, 2.75) is 56.6 Å². The Morgan fingerprint density at radius 1 is 1.22 bits per heavy atom. The lowest BCUT2D eigenvalue weighted by Gasteiger charge is -2.40. The number of carbonyl (C=O) groups excluding carboxylic acids is 1. The highest BCUT2D eigenvalue weighted by molar-refractivity contribution is 9.10. The standard InChI is InChI=1S/C21H28BrN3O2/c22-16-4-5-18-15(12-16)13-19(24-18)20(26)23-17-6-10-25(11-7-17)14-21(27)8-2-1-3-9-21/h4-5,12-13,17,24,27H,1-3,6-11,14H2,(H,23,26). The molecule has 27 heavy (non-hydrogen) atoms. The van der Waals surface area contributed by atoms with Gasteiger partial charge in [0.2, 0.25) is 0 Å². The molecule has 3 N–H and O–H groups in total. The lowest BCUT2D eigenvalue weighted by atomic mass is 9.84. The summed E-state index contributed by atoms with van der Waals surface area (Å²) < 4.78 is 1.01. The van der Waals surface area contributed by atoms with Gasteiger partial charge in [0.15, 0.2) is 0 Å². The maximum Gasteiger partial charge on any atom is 0.267 e. The summed E-state index contributed by atoms with van der Waals surface area (Å²) in [6.07, 6.45) is 7.27. The molecule has 2 fully saturated rings. The first-order valence-corrected chi connectivity index (χ1v) is 10.8. The maximum atomic E-state index is 12.6. The van der Waals surface area contributed by atoms with Crippen LogP contribution in [0, 0.1) is 0 Å². The fraction of sp³-hybridized carbons (Fsp3) is 0.571. The second-order valence-electron chi connectivity index (χ2n) is 8.22. The quantitative estimate of drug-likeness (QED) is 0.686. The van der Waals surface area contributed by atoms with E-state index in [9.17, 15) is 9.90 Å². The van der Waals surface area contributed by atoms with Crippen molar-refractivity contribution < 1.29 is 9.90 Å². The number of piperidine rings is 1. The number of rotatable bonds is 4. The van der Waals surface area contributed by atoms with Crippen LogP contribution in [0.3, 0.4) is 0 Å². The van der Waals surface area contributed by atoms with Gasteiger partial charge in [-0.1, -0.05) is 35.2 Å². The Labute approximate surface area is 168 Å². The number of H-pyrrole nitrogens is 1. The monoisotopic (exact) mass is 433 g/mol. The zero-order valence-corrected chi connectivity index (χ0v) is 17.2. The highest BCUT2D eigenvalue weighted by Gasteiger charge is 2.33. The first kappa shape index (κ1) is 19.0. The largest absolute Gasteiger partial charge is 0.389 e. The number of hydrogen-bond acceptors (Lipinski definition) is 3. The topological polar surface area (TPSA) is 68.4 Å². The van der Waals surface area contributed by atoms with Gasteiger partial charge in [-0.25, -0.2) is 0 Å². The summed E-state index contributed by atoms with van der Waals surface area (Å²) in [5.74, 6) is -0.0355. The molecule has 0 bridgehead atoms. The Hall–Kier alpha value is -1.37. The molecule has 2 aromatic rings. The molecule has 1 saturated carbocycles. The maximum absolute atomic E-state index is 12.6. The first-order chi connectivity index (χ1) is 13.0. The van der Waals surface area contributed by atoms with Crippen LogP contribution in [0.2, 0.25) is 0 Å². The number of nitrogens with zero attached hydrogens (tertiary/aromatic N) is 1. The Bertz CT molecular complexity index is 805. The number of carbonyl (C=O) groups is 1. The van der Waals surface area contributed by atoms with Crippen LogP contribution < -0.4 is 5.32 Å². The zero-order chi connectivity index (χ0) is 18.9. The van der Waals surface area contributed by atoms with Crippen LogP contribution >= 0.6 is 15.9 Å². The number of benzene rings is 1. The molecule has 0 radical (unpaired) electrons. The first-order valence-electron chi connectivity index (χ1n) is 10.0. The van der Waals surface area contributed by atoms with Crippen molar-refractivity contribution in [1.29, 1.82) is 0 Å². The SMILES string of the molecule is O=C(NC1CCN(CC2(O)CCCCC2)CC1)c1cc2cc(Br)ccc2[nH]1. The summed E-state index contributed by atoms with van der Waals surface area (Å²) in [6, 6.07) is 8.06. The molecule has 6 heteroatoms. The van der Waals surface area contributed by atoms with E-state index in [2.05, 4.69) is 31.1 Å². The van der Waals surface area contributed by atoms with Crippen LogP contribution in [0.1, 0.15) is 55.4 Å². The fourth-order valence-corrected chi connectivity index (χ4v) is 4.89. The van der Waals surface area contributed by atoms with Crippen molar-refractivity contribution in [2.24, 2.45) is 0 Å². The lowest BCUT2D eigenvalue weighted by Crippen LogP contribution is -2.50. The number of likely N-dealkylation sites (tertiary alicyclic amines) is 1. The van der Waals surface area contributed by atoms with Gasteiger partial charge in [-0.3, -0.25) is 4.79 Å². The number of nitrogens with one attached hydrogen (secondary N) is 2. The van der Waals surface area contributed by atoms with Crippen LogP contribution in [0.5, 0.6) is 0 Å². The molecule has 0 spiro atoms. The van der Waals surface area contributed by atoms with E-state index in [4.69, 9.17) is 0 Å². The second-order valence-corrected chi connectivity index (χ2v) is 9.14. The van der Waals surface area contributed by atoms with Gasteiger partial charge in [0.1, 0.15) is 5.69 Å². The summed E-state index contributed by atoms with van der Waals surface area (Å²) in [6.45, 7) is 2.66. The second kappa shape index (κ2) is 7.94. The van der Waals surface area contributed by atoms with Crippen LogP contribution in [0.4, 0.5) is 0 Å². The summed E-state index contributed by atoms with van der Waals surface area (Å²) in [4.78, 5) is 18.2. The molecule has 1 amide bonds. The molecule has 1 saturated heterocycles. The van der Waals surface area contributed by atoms with E-state index in [1.54, 1.807) is 0 Å². The number of amides is 1. The van der Waals surface area contributed by atoms with Gasteiger partial charge in [0, 0.05) is 41.1 Å². The van der Waals surface area contributed by atoms with Gasteiger partial charge < -0.3 is 20.3 Å². The molecule has 1 aromatic carbocycles. The molecule has 1 aromatic heterocycles. The van der Waals surface area contributed by atoms with E-state index < -0.39 is 5.60 Å². The molecule has 2 aliphatic rings. The van der Waals surface area contributed by atoms with E-state index in [1.165, 1.54) is 6.42 Å². The molecule has 0 atom stereocenters. The molecule has 146 valence electrons. The third-order valence-electron chi connectivity index (χ3n) is 6.05. The van der Waals surface area contributed by atoms with Gasteiger partial charge in [0.05, 0.1) is 5.60 Å². The average Bonchev–Trinajstić information content (AvgIpc) is 3.07. The van der Waals surface area contributed by atoms with E-state index in [0.717, 1.165) is 73.5 Å². The number of hydrogen-bond donors (Lipinski definition) is 3. The molecular formula is C21H28BrN3O2. The molecular weight excluding hydrogens is 406 g/mol. The van der Waals surface area contributed by atoms with Crippen molar-refractivity contribution in [3.8, 4) is 0 Å². The molecule has 0 unspecified atom stereocenters. The van der Waals surface area contributed by atoms with Crippen molar-refractivity contribution in [3.05, 3.63) is 34.4 Å². The Morgan fingerprint density at radius 2 is 1.96 bits per heavy atom. The fourth-order valence-electron chi connectivity index (χ4n) is 4.51. The van der Waals surface area contributed by atoms with Crippen LogP contribution in [0.15, 0.2) is 28.7 Å². The number of aromatic amines is 1. The third kappa shape index (κ3) is 4.55. The smallest absolute Gasteiger partial charge is 0.267 e. The highest BCUT2D eigenvalue weighted by atomic mass is 79.9. The van der Waals surface area contributed by atoms with Crippen LogP contribution in [-0.2, 0) is 0 Å². The van der Waals surface area contributed by atoms with Crippen molar-refractivity contribution in [1.82, 2.24) is 15.2 Å². The average molecular weight is 434 g/mol. The number of aromatic nitrogens is 1. The van der Waals surface area contributed by atoms with E-state index in [0.29, 0.717) is 5.69 Å². The van der Waals surface area contributed by atoms with E-state index in [1.807, 2.05) is 24.3 Å². The summed E-state index contributed by atoms with van der Waals surface area (Å²) in [7, 11) is 0. The normalized spacial score (nSPS) is 21.4. The van der Waals surface area contributed by atoms with Gasteiger partial charge >= 0.3 is 0 Å². The Balaban J connectivity index is 1.30. The predicted octanol–water partition coefficient (Wildman–Crippen LogP) is 3.82. The number of β-amino-alcohol motifs (C(OH)–C–C–N with tert-alkyl or cyclic N) is 1. The number of aliphatic hydroxyl groups is 1. The van der Waals surface area contributed by atoms with Gasteiger partial charge in [0.25, 0.3) is 5.91 Å². The summed E-state index contributed by atoms with van der Waals surface area (Å²) in [5.41, 5.74) is 1.09. The zero-order valence-electron chi connectivity index (χ0n) is 15.6. The van der Waals surface area contributed by atoms with Crippen LogP contribution in [0.25, 0.3) is 10.9 Å². The highest BCUT2D eigenvalue weighted by Crippen LogP contribution is 2.29. The molecule has 5 nitrogen and oxygen atoms in total. The van der Waals surface area contributed by atoms with E-state index >= 15 is 0 Å². The molecule has 1 aliphatic carbocycles. The van der Waals surface area contributed by atoms with Crippen LogP contribution in [-0.4, -0.2) is 52.2 Å². The van der Waals surface area contributed by atoms with Gasteiger partial charge in [-0.05, 0) is 49.9 Å². The number of fused-ring (bicyclic) bond motifs is 1. The van der Waals surface area contributed by atoms with Gasteiger partial charge in [-0.15, -0.1) is 0 Å². The molecule has 2 heterocycles. The minimum absolute atomic E-state index is 0.0355. The Morgan fingerprint density at radius 3 is 2.70 bits per heavy atom. The predicted molar refractivity (Wildman–Crippen MR) is 111 cm³/mol. The molecule has 4 rings (SSSR count).